The lowest BCUT2D eigenvalue weighted by Crippen LogP contribution is -1.84. The Morgan fingerprint density at radius 3 is 2.61 bits per heavy atom. The van der Waals surface area contributed by atoms with Crippen molar-refractivity contribution >= 4 is 28.3 Å². The van der Waals surface area contributed by atoms with E-state index >= 15 is 0 Å². The van der Waals surface area contributed by atoms with Crippen molar-refractivity contribution in [2.45, 2.75) is 6.92 Å². The number of nitrogens with one attached hydrogen (secondary N) is 1. The molecule has 0 amide bonds. The van der Waals surface area contributed by atoms with E-state index in [1.165, 1.54) is 0 Å². The topological polar surface area (TPSA) is 54.7 Å². The Labute approximate surface area is 110 Å². The number of anilines is 1. The molecule has 3 rings (SSSR count). The fourth-order valence-electron chi connectivity index (χ4n) is 2.02. The Morgan fingerprint density at radius 1 is 1.17 bits per heavy atom. The summed E-state index contributed by atoms with van der Waals surface area (Å²) in [6.07, 6.45) is 0. The lowest BCUT2D eigenvalue weighted by Gasteiger charge is -1.96. The Morgan fingerprint density at radius 2 is 1.89 bits per heavy atom. The van der Waals surface area contributed by atoms with E-state index in [-0.39, 0.29) is 0 Å². The predicted octanol–water partition coefficient (Wildman–Crippen LogP) is 3.77. The van der Waals surface area contributed by atoms with Gasteiger partial charge in [0.25, 0.3) is 0 Å². The van der Waals surface area contributed by atoms with Crippen molar-refractivity contribution in [3.63, 3.8) is 0 Å². The molecule has 3 nitrogen and oxygen atoms in total. The summed E-state index contributed by atoms with van der Waals surface area (Å²) in [6.45, 7) is 2.00. The number of nitrogen functional groups attached to an aromatic ring is 1. The molecular formula is C14H12ClN3. The summed E-state index contributed by atoms with van der Waals surface area (Å²) < 4.78 is 0. The van der Waals surface area contributed by atoms with E-state index in [1.807, 2.05) is 43.3 Å². The Balaban J connectivity index is 2.19. The maximum Gasteiger partial charge on any atom is 0.138 e. The summed E-state index contributed by atoms with van der Waals surface area (Å²) in [7, 11) is 0. The molecule has 0 saturated heterocycles. The highest BCUT2D eigenvalue weighted by atomic mass is 35.5. The van der Waals surface area contributed by atoms with Crippen molar-refractivity contribution in [3.05, 3.63) is 47.0 Å². The summed E-state index contributed by atoms with van der Waals surface area (Å²) in [5.41, 5.74) is 10.4. The lowest BCUT2D eigenvalue weighted by molar-refractivity contribution is 1.33. The van der Waals surface area contributed by atoms with E-state index in [9.17, 15) is 0 Å². The monoisotopic (exact) mass is 257 g/mol. The fourth-order valence-corrected chi connectivity index (χ4v) is 2.30. The minimum absolute atomic E-state index is 0.715. The third kappa shape index (κ3) is 1.83. The first-order valence-corrected chi connectivity index (χ1v) is 6.03. The standard InChI is InChI=1S/C14H12ClN3/c1-8-6-10(15)7-12-13(8)18-14(17-12)9-2-4-11(16)5-3-9/h2-7H,16H2,1H3,(H,17,18). The van der Waals surface area contributed by atoms with Gasteiger partial charge in [0.05, 0.1) is 11.0 Å². The maximum atomic E-state index is 6.04. The number of nitrogens with zero attached hydrogens (tertiary/aromatic N) is 1. The van der Waals surface area contributed by atoms with Crippen LogP contribution in [0.1, 0.15) is 5.56 Å². The van der Waals surface area contributed by atoms with Gasteiger partial charge < -0.3 is 10.7 Å². The SMILES string of the molecule is Cc1cc(Cl)cc2[nH]c(-c3ccc(N)cc3)nc12. The quantitative estimate of drug-likeness (QED) is 0.652. The van der Waals surface area contributed by atoms with Gasteiger partial charge in [-0.1, -0.05) is 11.6 Å². The van der Waals surface area contributed by atoms with Crippen molar-refractivity contribution in [2.75, 3.05) is 5.73 Å². The molecule has 3 N–H and O–H groups in total. The Bertz CT molecular complexity index is 714. The highest BCUT2D eigenvalue weighted by Gasteiger charge is 2.08. The highest BCUT2D eigenvalue weighted by Crippen LogP contribution is 2.26. The molecule has 90 valence electrons. The van der Waals surface area contributed by atoms with Gasteiger partial charge in [-0.3, -0.25) is 0 Å². The number of nitrogens with two attached hydrogens (primary N) is 1. The Hall–Kier alpha value is -2.00. The van der Waals surface area contributed by atoms with Crippen molar-refractivity contribution in [1.82, 2.24) is 9.97 Å². The van der Waals surface area contributed by atoms with Gasteiger partial charge in [0, 0.05) is 16.3 Å². The van der Waals surface area contributed by atoms with Crippen LogP contribution in [0.4, 0.5) is 5.69 Å². The maximum absolute atomic E-state index is 6.04. The summed E-state index contributed by atoms with van der Waals surface area (Å²) >= 11 is 6.04. The number of H-pyrrole nitrogens is 1. The van der Waals surface area contributed by atoms with E-state index < -0.39 is 0 Å². The van der Waals surface area contributed by atoms with Gasteiger partial charge in [-0.25, -0.2) is 4.98 Å². The second kappa shape index (κ2) is 4.03. The van der Waals surface area contributed by atoms with Crippen molar-refractivity contribution in [3.8, 4) is 11.4 Å². The van der Waals surface area contributed by atoms with Crippen LogP contribution >= 0.6 is 11.6 Å². The summed E-state index contributed by atoms with van der Waals surface area (Å²) in [5, 5.41) is 0.715. The number of hydrogen-bond donors (Lipinski definition) is 2. The van der Waals surface area contributed by atoms with Crippen LogP contribution in [0.25, 0.3) is 22.4 Å². The number of imidazole rings is 1. The van der Waals surface area contributed by atoms with Crippen LogP contribution in [0.5, 0.6) is 0 Å². The van der Waals surface area contributed by atoms with Gasteiger partial charge >= 0.3 is 0 Å². The van der Waals surface area contributed by atoms with E-state index in [0.29, 0.717) is 5.02 Å². The first-order chi connectivity index (χ1) is 8.63. The molecule has 0 atom stereocenters. The van der Waals surface area contributed by atoms with Gasteiger partial charge in [0.1, 0.15) is 5.82 Å². The highest BCUT2D eigenvalue weighted by molar-refractivity contribution is 6.31. The summed E-state index contributed by atoms with van der Waals surface area (Å²) in [5.74, 6) is 0.829. The second-order valence-electron chi connectivity index (χ2n) is 4.33. The molecule has 0 aliphatic heterocycles. The number of fused-ring (bicyclic) bond motifs is 1. The van der Waals surface area contributed by atoms with Crippen LogP contribution in [0, 0.1) is 6.92 Å². The zero-order valence-electron chi connectivity index (χ0n) is 9.87. The van der Waals surface area contributed by atoms with Crippen LogP contribution in [0.2, 0.25) is 5.02 Å². The molecule has 2 aromatic carbocycles. The molecule has 0 aliphatic rings. The summed E-state index contributed by atoms with van der Waals surface area (Å²) in [4.78, 5) is 7.87. The zero-order chi connectivity index (χ0) is 12.7. The van der Waals surface area contributed by atoms with Crippen LogP contribution in [-0.2, 0) is 0 Å². The first-order valence-electron chi connectivity index (χ1n) is 5.65. The number of hydrogen-bond acceptors (Lipinski definition) is 2. The fraction of sp³-hybridized carbons (Fsp3) is 0.0714. The van der Waals surface area contributed by atoms with Gasteiger partial charge in [0.2, 0.25) is 0 Å². The van der Waals surface area contributed by atoms with E-state index in [2.05, 4.69) is 9.97 Å². The van der Waals surface area contributed by atoms with Gasteiger partial charge in [0.15, 0.2) is 0 Å². The molecule has 0 bridgehead atoms. The smallest absolute Gasteiger partial charge is 0.138 e. The third-order valence-electron chi connectivity index (χ3n) is 2.93. The van der Waals surface area contributed by atoms with Gasteiger partial charge in [-0.2, -0.15) is 0 Å². The number of halogens is 1. The van der Waals surface area contributed by atoms with Crippen LogP contribution in [0.3, 0.4) is 0 Å². The molecule has 0 fully saturated rings. The Kier molecular flexibility index (Phi) is 2.49. The minimum Gasteiger partial charge on any atom is -0.399 e. The lowest BCUT2D eigenvalue weighted by atomic mass is 10.2. The molecular weight excluding hydrogens is 246 g/mol. The molecule has 3 aromatic rings. The molecule has 1 aromatic heterocycles. The third-order valence-corrected chi connectivity index (χ3v) is 3.14. The second-order valence-corrected chi connectivity index (χ2v) is 4.76. The minimum atomic E-state index is 0.715. The number of aromatic amines is 1. The van der Waals surface area contributed by atoms with Crippen molar-refractivity contribution in [1.29, 1.82) is 0 Å². The van der Waals surface area contributed by atoms with E-state index in [4.69, 9.17) is 17.3 Å². The zero-order valence-corrected chi connectivity index (χ0v) is 10.6. The van der Waals surface area contributed by atoms with Crippen molar-refractivity contribution < 1.29 is 0 Å². The molecule has 18 heavy (non-hydrogen) atoms. The van der Waals surface area contributed by atoms with Gasteiger partial charge in [-0.05, 0) is 48.9 Å². The molecule has 0 unspecified atom stereocenters. The largest absolute Gasteiger partial charge is 0.399 e. The van der Waals surface area contributed by atoms with E-state index in [0.717, 1.165) is 33.7 Å². The van der Waals surface area contributed by atoms with Crippen molar-refractivity contribution in [2.24, 2.45) is 0 Å². The number of benzene rings is 2. The molecule has 0 saturated carbocycles. The average Bonchev–Trinajstić information content (AvgIpc) is 2.74. The van der Waals surface area contributed by atoms with Crippen LogP contribution in [-0.4, -0.2) is 9.97 Å². The first kappa shape index (κ1) is 11.1. The average molecular weight is 258 g/mol. The van der Waals surface area contributed by atoms with E-state index in [1.54, 1.807) is 0 Å². The normalized spacial score (nSPS) is 11.0. The molecule has 0 spiro atoms. The molecule has 4 heteroatoms. The molecule has 0 aliphatic carbocycles. The predicted molar refractivity (Wildman–Crippen MR) is 75.7 cm³/mol. The number of rotatable bonds is 1. The number of aryl methyl sites for hydroxylation is 1. The molecule has 0 radical (unpaired) electrons. The van der Waals surface area contributed by atoms with Crippen LogP contribution < -0.4 is 5.73 Å². The number of aromatic nitrogens is 2. The molecule has 1 heterocycles. The van der Waals surface area contributed by atoms with Gasteiger partial charge in [-0.15, -0.1) is 0 Å². The van der Waals surface area contributed by atoms with Crippen LogP contribution in [0.15, 0.2) is 36.4 Å². The summed E-state index contributed by atoms with van der Waals surface area (Å²) in [6, 6.07) is 11.4.